The lowest BCUT2D eigenvalue weighted by molar-refractivity contribution is 0.102. The molecule has 0 atom stereocenters. The number of nitriles is 1. The smallest absolute Gasteiger partial charge is 0.259 e. The first kappa shape index (κ1) is 13.7. The van der Waals surface area contributed by atoms with Crippen LogP contribution in [0.1, 0.15) is 33.0 Å². The van der Waals surface area contributed by atoms with E-state index < -0.39 is 0 Å². The van der Waals surface area contributed by atoms with E-state index in [-0.39, 0.29) is 5.91 Å². The zero-order valence-electron chi connectivity index (χ0n) is 11.6. The van der Waals surface area contributed by atoms with E-state index >= 15 is 0 Å². The van der Waals surface area contributed by atoms with Gasteiger partial charge in [0.05, 0.1) is 28.6 Å². The van der Waals surface area contributed by atoms with E-state index in [0.29, 0.717) is 28.3 Å². The SMILES string of the molecule is Cc1oc(C)c(C(=O)Nc2ccc(C#N)cc2N)c1C. The van der Waals surface area contributed by atoms with Crippen LogP contribution in [0, 0.1) is 32.1 Å². The van der Waals surface area contributed by atoms with Crippen molar-refractivity contribution in [2.24, 2.45) is 0 Å². The number of nitrogen functional groups attached to an aromatic ring is 1. The van der Waals surface area contributed by atoms with Gasteiger partial charge in [-0.2, -0.15) is 5.26 Å². The number of rotatable bonds is 2. The molecule has 0 fully saturated rings. The summed E-state index contributed by atoms with van der Waals surface area (Å²) in [7, 11) is 0. The summed E-state index contributed by atoms with van der Waals surface area (Å²) in [4.78, 5) is 12.3. The second-order valence-electron chi connectivity index (χ2n) is 4.58. The van der Waals surface area contributed by atoms with Crippen molar-refractivity contribution in [3.63, 3.8) is 0 Å². The van der Waals surface area contributed by atoms with Crippen LogP contribution in [0.2, 0.25) is 0 Å². The summed E-state index contributed by atoms with van der Waals surface area (Å²) < 4.78 is 5.44. The monoisotopic (exact) mass is 269 g/mol. The highest BCUT2D eigenvalue weighted by Gasteiger charge is 2.19. The Hall–Kier alpha value is -2.74. The number of hydrogen-bond donors (Lipinski definition) is 2. The lowest BCUT2D eigenvalue weighted by Crippen LogP contribution is -2.14. The van der Waals surface area contributed by atoms with E-state index in [1.807, 2.05) is 19.9 Å². The Morgan fingerprint density at radius 2 is 2.00 bits per heavy atom. The molecule has 1 aromatic heterocycles. The van der Waals surface area contributed by atoms with Crippen LogP contribution in [0.25, 0.3) is 0 Å². The lowest BCUT2D eigenvalue weighted by atomic mass is 10.1. The standard InChI is InChI=1S/C15H15N3O2/c1-8-9(2)20-10(3)14(8)15(19)18-13-5-4-11(7-16)6-12(13)17/h4-6H,17H2,1-3H3,(H,18,19). The normalized spacial score (nSPS) is 10.1. The maximum atomic E-state index is 12.3. The third kappa shape index (κ3) is 2.36. The van der Waals surface area contributed by atoms with Gasteiger partial charge < -0.3 is 15.5 Å². The maximum Gasteiger partial charge on any atom is 0.259 e. The number of anilines is 2. The number of nitrogens with one attached hydrogen (secondary N) is 1. The van der Waals surface area contributed by atoms with Crippen molar-refractivity contribution in [3.8, 4) is 6.07 Å². The number of carbonyl (C=O) groups is 1. The Balaban J connectivity index is 2.31. The zero-order valence-corrected chi connectivity index (χ0v) is 11.6. The van der Waals surface area contributed by atoms with Crippen LogP contribution in [-0.2, 0) is 0 Å². The molecule has 1 heterocycles. The van der Waals surface area contributed by atoms with Gasteiger partial charge in [-0.1, -0.05) is 0 Å². The molecular weight excluding hydrogens is 254 g/mol. The predicted molar refractivity (Wildman–Crippen MR) is 76.4 cm³/mol. The van der Waals surface area contributed by atoms with Crippen molar-refractivity contribution in [2.45, 2.75) is 20.8 Å². The van der Waals surface area contributed by atoms with Gasteiger partial charge >= 0.3 is 0 Å². The van der Waals surface area contributed by atoms with E-state index in [0.717, 1.165) is 11.3 Å². The number of carbonyl (C=O) groups excluding carboxylic acids is 1. The van der Waals surface area contributed by atoms with Crippen molar-refractivity contribution in [1.82, 2.24) is 0 Å². The van der Waals surface area contributed by atoms with E-state index in [1.54, 1.807) is 19.1 Å². The van der Waals surface area contributed by atoms with Crippen LogP contribution < -0.4 is 11.1 Å². The third-order valence-corrected chi connectivity index (χ3v) is 3.22. The van der Waals surface area contributed by atoms with E-state index in [4.69, 9.17) is 15.4 Å². The first-order valence-corrected chi connectivity index (χ1v) is 6.11. The molecule has 0 bridgehead atoms. The van der Waals surface area contributed by atoms with Crippen LogP contribution >= 0.6 is 0 Å². The van der Waals surface area contributed by atoms with Gasteiger partial charge in [-0.25, -0.2) is 0 Å². The molecule has 1 amide bonds. The summed E-state index contributed by atoms with van der Waals surface area (Å²) in [5, 5.41) is 11.5. The Kier molecular flexibility index (Phi) is 3.49. The van der Waals surface area contributed by atoms with Gasteiger partial charge in [0.1, 0.15) is 11.5 Å². The quantitative estimate of drug-likeness (QED) is 0.820. The Bertz CT molecular complexity index is 723. The molecule has 0 aliphatic heterocycles. The van der Waals surface area contributed by atoms with Crippen LogP contribution in [0.5, 0.6) is 0 Å². The highest BCUT2D eigenvalue weighted by atomic mass is 16.3. The Morgan fingerprint density at radius 3 is 2.50 bits per heavy atom. The van der Waals surface area contributed by atoms with E-state index in [9.17, 15) is 4.79 Å². The number of nitrogens with two attached hydrogens (primary N) is 1. The number of furan rings is 1. The number of hydrogen-bond acceptors (Lipinski definition) is 4. The van der Waals surface area contributed by atoms with E-state index in [1.165, 1.54) is 6.07 Å². The summed E-state index contributed by atoms with van der Waals surface area (Å²) in [5.74, 6) is 1.03. The first-order valence-electron chi connectivity index (χ1n) is 6.11. The molecule has 5 heteroatoms. The molecule has 2 aromatic rings. The lowest BCUT2D eigenvalue weighted by Gasteiger charge is -2.08. The van der Waals surface area contributed by atoms with Gasteiger partial charge in [0.25, 0.3) is 5.91 Å². The van der Waals surface area contributed by atoms with Crippen LogP contribution in [0.3, 0.4) is 0 Å². The molecule has 3 N–H and O–H groups in total. The van der Waals surface area contributed by atoms with Crippen molar-refractivity contribution < 1.29 is 9.21 Å². The Morgan fingerprint density at radius 1 is 1.30 bits per heavy atom. The summed E-state index contributed by atoms with van der Waals surface area (Å²) in [6.45, 7) is 5.40. The fraction of sp³-hybridized carbons (Fsp3) is 0.200. The summed E-state index contributed by atoms with van der Waals surface area (Å²) in [5.41, 5.74) is 8.43. The van der Waals surface area contributed by atoms with Crippen LogP contribution in [0.4, 0.5) is 11.4 Å². The van der Waals surface area contributed by atoms with Gasteiger partial charge in [-0.05, 0) is 39.0 Å². The molecule has 0 aliphatic carbocycles. The number of nitrogens with zero attached hydrogens (tertiary/aromatic N) is 1. The second kappa shape index (κ2) is 5.10. The molecule has 1 aromatic carbocycles. The molecule has 5 nitrogen and oxygen atoms in total. The number of amides is 1. The molecule has 0 spiro atoms. The summed E-state index contributed by atoms with van der Waals surface area (Å²) >= 11 is 0. The Labute approximate surface area is 117 Å². The number of aryl methyl sites for hydroxylation is 2. The highest BCUT2D eigenvalue weighted by Crippen LogP contribution is 2.24. The molecule has 0 unspecified atom stereocenters. The minimum absolute atomic E-state index is 0.270. The molecule has 0 aliphatic rings. The fourth-order valence-corrected chi connectivity index (χ4v) is 2.06. The van der Waals surface area contributed by atoms with E-state index in [2.05, 4.69) is 5.32 Å². The molecule has 0 saturated carbocycles. The molecule has 102 valence electrons. The molecule has 0 saturated heterocycles. The molecule has 20 heavy (non-hydrogen) atoms. The molecular formula is C15H15N3O2. The average molecular weight is 269 g/mol. The maximum absolute atomic E-state index is 12.3. The average Bonchev–Trinajstić information content (AvgIpc) is 2.65. The highest BCUT2D eigenvalue weighted by molar-refractivity contribution is 6.07. The first-order chi connectivity index (χ1) is 9.43. The zero-order chi connectivity index (χ0) is 14.9. The van der Waals surface area contributed by atoms with Gasteiger partial charge in [0, 0.05) is 5.56 Å². The molecule has 0 radical (unpaired) electrons. The minimum Gasteiger partial charge on any atom is -0.466 e. The van der Waals surface area contributed by atoms with Crippen molar-refractivity contribution in [1.29, 1.82) is 5.26 Å². The fourth-order valence-electron chi connectivity index (χ4n) is 2.06. The topological polar surface area (TPSA) is 92.0 Å². The largest absolute Gasteiger partial charge is 0.466 e. The van der Waals surface area contributed by atoms with Crippen molar-refractivity contribution in [2.75, 3.05) is 11.1 Å². The summed E-state index contributed by atoms with van der Waals surface area (Å²) in [6.07, 6.45) is 0. The third-order valence-electron chi connectivity index (χ3n) is 3.22. The van der Waals surface area contributed by atoms with Gasteiger partial charge in [-0.15, -0.1) is 0 Å². The summed E-state index contributed by atoms with van der Waals surface area (Å²) in [6, 6.07) is 6.74. The van der Waals surface area contributed by atoms with Gasteiger partial charge in [0.15, 0.2) is 0 Å². The van der Waals surface area contributed by atoms with Gasteiger partial charge in [0.2, 0.25) is 0 Å². The second-order valence-corrected chi connectivity index (χ2v) is 4.58. The van der Waals surface area contributed by atoms with Crippen LogP contribution in [0.15, 0.2) is 22.6 Å². The predicted octanol–water partition coefficient (Wildman–Crippen LogP) is 2.91. The van der Waals surface area contributed by atoms with Gasteiger partial charge in [-0.3, -0.25) is 4.79 Å². The van der Waals surface area contributed by atoms with Crippen molar-refractivity contribution >= 4 is 17.3 Å². The van der Waals surface area contributed by atoms with Crippen molar-refractivity contribution in [3.05, 3.63) is 46.4 Å². The number of benzene rings is 1. The van der Waals surface area contributed by atoms with Crippen LogP contribution in [-0.4, -0.2) is 5.91 Å². The molecule has 2 rings (SSSR count). The minimum atomic E-state index is -0.270.